The Kier molecular flexibility index (Phi) is 3.93. The SMILES string of the molecule is O=C(O)C1(CCC2OC2CC2CCC3OC3C2)CCCCC1. The van der Waals surface area contributed by atoms with Crippen molar-refractivity contribution in [3.8, 4) is 0 Å². The molecule has 1 N–H and O–H groups in total. The molecule has 2 heterocycles. The predicted octanol–water partition coefficient (Wildman–Crippen LogP) is 3.53. The number of rotatable bonds is 6. The van der Waals surface area contributed by atoms with Crippen LogP contribution < -0.4 is 0 Å². The molecular weight excluding hydrogens is 280 g/mol. The van der Waals surface area contributed by atoms with E-state index in [4.69, 9.17) is 9.47 Å². The first kappa shape index (κ1) is 14.9. The molecule has 2 aliphatic carbocycles. The van der Waals surface area contributed by atoms with Crippen LogP contribution in [0.1, 0.15) is 70.6 Å². The summed E-state index contributed by atoms with van der Waals surface area (Å²) in [7, 11) is 0. The van der Waals surface area contributed by atoms with Gasteiger partial charge in [0.1, 0.15) is 0 Å². The summed E-state index contributed by atoms with van der Waals surface area (Å²) < 4.78 is 11.4. The van der Waals surface area contributed by atoms with Gasteiger partial charge in [0.05, 0.1) is 29.8 Å². The molecule has 0 amide bonds. The molecular formula is C18H28O4. The summed E-state index contributed by atoms with van der Waals surface area (Å²) in [5, 5.41) is 9.63. The molecule has 0 radical (unpaired) electrons. The molecule has 2 saturated heterocycles. The largest absolute Gasteiger partial charge is 0.481 e. The summed E-state index contributed by atoms with van der Waals surface area (Å²) in [6.45, 7) is 0. The van der Waals surface area contributed by atoms with Crippen molar-refractivity contribution >= 4 is 5.97 Å². The predicted molar refractivity (Wildman–Crippen MR) is 81.7 cm³/mol. The topological polar surface area (TPSA) is 62.4 Å². The molecule has 2 saturated carbocycles. The summed E-state index contributed by atoms with van der Waals surface area (Å²) in [6, 6.07) is 0. The molecule has 4 nitrogen and oxygen atoms in total. The molecule has 0 bridgehead atoms. The Hall–Kier alpha value is -0.610. The Labute approximate surface area is 132 Å². The highest BCUT2D eigenvalue weighted by Gasteiger charge is 2.48. The van der Waals surface area contributed by atoms with Gasteiger partial charge in [-0.2, -0.15) is 0 Å². The number of carboxylic acids is 1. The number of epoxide rings is 2. The molecule has 4 heteroatoms. The fraction of sp³-hybridized carbons (Fsp3) is 0.944. The van der Waals surface area contributed by atoms with Gasteiger partial charge in [0.15, 0.2) is 0 Å². The quantitative estimate of drug-likeness (QED) is 0.763. The van der Waals surface area contributed by atoms with Crippen molar-refractivity contribution < 1.29 is 19.4 Å². The van der Waals surface area contributed by atoms with Gasteiger partial charge in [-0.15, -0.1) is 0 Å². The number of hydrogen-bond acceptors (Lipinski definition) is 3. The van der Waals surface area contributed by atoms with E-state index >= 15 is 0 Å². The summed E-state index contributed by atoms with van der Waals surface area (Å²) in [6.07, 6.45) is 13.6. The number of carbonyl (C=O) groups is 1. The van der Waals surface area contributed by atoms with E-state index in [0.29, 0.717) is 24.4 Å². The lowest BCUT2D eigenvalue weighted by atomic mass is 9.71. The maximum absolute atomic E-state index is 11.7. The van der Waals surface area contributed by atoms with Crippen LogP contribution in [0, 0.1) is 11.3 Å². The molecule has 4 aliphatic rings. The van der Waals surface area contributed by atoms with E-state index in [1.165, 1.54) is 25.7 Å². The van der Waals surface area contributed by atoms with E-state index < -0.39 is 11.4 Å². The van der Waals surface area contributed by atoms with Gasteiger partial charge in [-0.25, -0.2) is 0 Å². The van der Waals surface area contributed by atoms with Crippen LogP contribution in [-0.4, -0.2) is 35.5 Å². The minimum absolute atomic E-state index is 0.330. The average Bonchev–Trinajstić information content (AvgIpc) is 3.42. The van der Waals surface area contributed by atoms with E-state index in [9.17, 15) is 9.90 Å². The van der Waals surface area contributed by atoms with Gasteiger partial charge in [0.25, 0.3) is 0 Å². The maximum Gasteiger partial charge on any atom is 0.309 e. The highest BCUT2D eigenvalue weighted by Crippen LogP contribution is 2.46. The zero-order chi connectivity index (χ0) is 15.2. The first-order valence-electron chi connectivity index (χ1n) is 9.21. The van der Waals surface area contributed by atoms with Crippen molar-refractivity contribution in [2.75, 3.05) is 0 Å². The second-order valence-electron chi connectivity index (χ2n) is 8.03. The van der Waals surface area contributed by atoms with Crippen molar-refractivity contribution in [1.82, 2.24) is 0 Å². The van der Waals surface area contributed by atoms with E-state index in [2.05, 4.69) is 0 Å². The van der Waals surface area contributed by atoms with E-state index in [1.54, 1.807) is 0 Å². The minimum atomic E-state index is -0.575. The van der Waals surface area contributed by atoms with E-state index in [1.807, 2.05) is 0 Å². The van der Waals surface area contributed by atoms with Crippen LogP contribution in [0.25, 0.3) is 0 Å². The van der Waals surface area contributed by atoms with Crippen LogP contribution in [0.2, 0.25) is 0 Å². The van der Waals surface area contributed by atoms with Gasteiger partial charge in [0.2, 0.25) is 0 Å². The van der Waals surface area contributed by atoms with Crippen molar-refractivity contribution in [1.29, 1.82) is 0 Å². The lowest BCUT2D eigenvalue weighted by molar-refractivity contribution is -0.151. The average molecular weight is 308 g/mol. The molecule has 0 aromatic rings. The lowest BCUT2D eigenvalue weighted by Gasteiger charge is -2.33. The van der Waals surface area contributed by atoms with Gasteiger partial charge in [0, 0.05) is 0 Å². The van der Waals surface area contributed by atoms with E-state index in [0.717, 1.165) is 50.9 Å². The highest BCUT2D eigenvalue weighted by molar-refractivity contribution is 5.74. The molecule has 0 aromatic carbocycles. The van der Waals surface area contributed by atoms with Crippen molar-refractivity contribution in [2.45, 2.75) is 95.0 Å². The first-order valence-corrected chi connectivity index (χ1v) is 9.21. The number of aliphatic carboxylic acids is 1. The third kappa shape index (κ3) is 3.05. The Bertz CT molecular complexity index is 429. The summed E-state index contributed by atoms with van der Waals surface area (Å²) in [4.78, 5) is 11.7. The molecule has 5 atom stereocenters. The molecule has 4 fully saturated rings. The van der Waals surface area contributed by atoms with Gasteiger partial charge in [-0.3, -0.25) is 4.79 Å². The summed E-state index contributed by atoms with van der Waals surface area (Å²) in [5.41, 5.74) is -0.450. The first-order chi connectivity index (χ1) is 10.7. The van der Waals surface area contributed by atoms with Gasteiger partial charge < -0.3 is 14.6 Å². The van der Waals surface area contributed by atoms with Crippen LogP contribution in [0.4, 0.5) is 0 Å². The Morgan fingerprint density at radius 2 is 1.86 bits per heavy atom. The van der Waals surface area contributed by atoms with Crippen LogP contribution >= 0.6 is 0 Å². The molecule has 0 spiro atoms. The third-order valence-electron chi connectivity index (χ3n) is 6.54. The normalized spacial score (nSPS) is 42.5. The third-order valence-corrected chi connectivity index (χ3v) is 6.54. The van der Waals surface area contributed by atoms with Gasteiger partial charge in [-0.1, -0.05) is 19.3 Å². The second kappa shape index (κ2) is 5.79. The number of fused-ring (bicyclic) bond motifs is 1. The molecule has 2 aliphatic heterocycles. The summed E-state index contributed by atoms with van der Waals surface area (Å²) >= 11 is 0. The molecule has 22 heavy (non-hydrogen) atoms. The smallest absolute Gasteiger partial charge is 0.309 e. The zero-order valence-electron chi connectivity index (χ0n) is 13.3. The van der Waals surface area contributed by atoms with Crippen LogP contribution in [0.15, 0.2) is 0 Å². The molecule has 0 aromatic heterocycles. The van der Waals surface area contributed by atoms with Crippen molar-refractivity contribution in [3.05, 3.63) is 0 Å². The maximum atomic E-state index is 11.7. The van der Waals surface area contributed by atoms with Gasteiger partial charge >= 0.3 is 5.97 Å². The number of carboxylic acid groups (broad SMARTS) is 1. The zero-order valence-corrected chi connectivity index (χ0v) is 13.3. The molecule has 124 valence electrons. The Morgan fingerprint density at radius 3 is 2.59 bits per heavy atom. The fourth-order valence-electron chi connectivity index (χ4n) is 4.89. The monoisotopic (exact) mass is 308 g/mol. The Morgan fingerprint density at radius 1 is 1.05 bits per heavy atom. The standard InChI is InChI=1S/C18H28O4/c19-17(20)18(7-2-1-3-8-18)9-6-14-16(22-14)11-12-4-5-13-15(10-12)21-13/h12-16H,1-11H2,(H,19,20). The fourth-order valence-corrected chi connectivity index (χ4v) is 4.89. The van der Waals surface area contributed by atoms with Crippen LogP contribution in [-0.2, 0) is 14.3 Å². The number of hydrogen-bond donors (Lipinski definition) is 1. The number of ether oxygens (including phenoxy) is 2. The van der Waals surface area contributed by atoms with Gasteiger partial charge in [-0.05, 0) is 57.3 Å². The molecule has 5 unspecified atom stereocenters. The van der Waals surface area contributed by atoms with E-state index in [-0.39, 0.29) is 0 Å². The lowest BCUT2D eigenvalue weighted by Crippen LogP contribution is -2.33. The second-order valence-corrected chi connectivity index (χ2v) is 8.03. The van der Waals surface area contributed by atoms with Crippen molar-refractivity contribution in [2.24, 2.45) is 11.3 Å². The highest BCUT2D eigenvalue weighted by atomic mass is 16.6. The summed E-state index contributed by atoms with van der Waals surface area (Å²) in [5.74, 6) is 0.190. The van der Waals surface area contributed by atoms with Crippen molar-refractivity contribution in [3.63, 3.8) is 0 Å². The minimum Gasteiger partial charge on any atom is -0.481 e. The van der Waals surface area contributed by atoms with Crippen LogP contribution in [0.3, 0.4) is 0 Å². The Balaban J connectivity index is 1.22. The van der Waals surface area contributed by atoms with Crippen LogP contribution in [0.5, 0.6) is 0 Å². The molecule has 4 rings (SSSR count).